The van der Waals surface area contributed by atoms with Gasteiger partial charge >= 0.3 is 0 Å². The lowest BCUT2D eigenvalue weighted by Crippen LogP contribution is -2.36. The average Bonchev–Trinajstić information content (AvgIpc) is 3.01. The van der Waals surface area contributed by atoms with Gasteiger partial charge in [-0.15, -0.1) is 0 Å². The fourth-order valence-corrected chi connectivity index (χ4v) is 4.07. The molecule has 1 aliphatic heterocycles. The van der Waals surface area contributed by atoms with E-state index in [1.807, 2.05) is 0 Å². The topological polar surface area (TPSA) is 99.2 Å². The molecule has 2 aromatic carbocycles. The SMILES string of the molecule is CC1=NN(c2cccc(S(=O)(=O)N(C)C)c2)C(=O)C1C(=O)Nc1cccc(C(C)(F)F)c1. The summed E-state index contributed by atoms with van der Waals surface area (Å²) in [5.74, 6) is -5.78. The minimum absolute atomic E-state index is 0.0362. The lowest BCUT2D eigenvalue weighted by Gasteiger charge is -2.17. The van der Waals surface area contributed by atoms with E-state index >= 15 is 0 Å². The molecule has 3 rings (SSSR count). The third kappa shape index (κ3) is 4.53. The highest BCUT2D eigenvalue weighted by Gasteiger charge is 2.40. The molecule has 32 heavy (non-hydrogen) atoms. The molecular weight excluding hydrogens is 442 g/mol. The van der Waals surface area contributed by atoms with Gasteiger partial charge < -0.3 is 5.32 Å². The molecule has 0 spiro atoms. The van der Waals surface area contributed by atoms with Crippen LogP contribution in [-0.4, -0.2) is 44.3 Å². The molecular formula is C21H22F2N4O4S. The number of nitrogens with one attached hydrogen (secondary N) is 1. The quantitative estimate of drug-likeness (QED) is 0.665. The number of amides is 2. The number of hydrogen-bond acceptors (Lipinski definition) is 5. The molecule has 0 saturated carbocycles. The smallest absolute Gasteiger partial charge is 0.270 e. The number of benzene rings is 2. The number of rotatable bonds is 6. The molecule has 1 N–H and O–H groups in total. The molecule has 1 atom stereocenters. The molecule has 1 aliphatic rings. The Balaban J connectivity index is 1.84. The molecule has 1 unspecified atom stereocenters. The van der Waals surface area contributed by atoms with Gasteiger partial charge in [0.15, 0.2) is 5.92 Å². The molecule has 0 aliphatic carbocycles. The first-order chi connectivity index (χ1) is 14.8. The first kappa shape index (κ1) is 23.5. The number of alkyl halides is 2. The van der Waals surface area contributed by atoms with Crippen LogP contribution in [0.1, 0.15) is 19.4 Å². The number of hydrazone groups is 1. The van der Waals surface area contributed by atoms with E-state index in [2.05, 4.69) is 10.4 Å². The third-order valence-corrected chi connectivity index (χ3v) is 6.68. The zero-order chi connectivity index (χ0) is 23.8. The summed E-state index contributed by atoms with van der Waals surface area (Å²) in [6.07, 6.45) is 0. The zero-order valence-electron chi connectivity index (χ0n) is 17.8. The van der Waals surface area contributed by atoms with Crippen molar-refractivity contribution in [3.8, 4) is 0 Å². The fourth-order valence-electron chi connectivity index (χ4n) is 3.12. The Morgan fingerprint density at radius 2 is 1.81 bits per heavy atom. The van der Waals surface area contributed by atoms with E-state index in [1.165, 1.54) is 63.5 Å². The van der Waals surface area contributed by atoms with E-state index in [9.17, 15) is 26.8 Å². The molecule has 0 fully saturated rings. The Hall–Kier alpha value is -3.18. The third-order valence-electron chi connectivity index (χ3n) is 4.87. The first-order valence-electron chi connectivity index (χ1n) is 9.53. The Kier molecular flexibility index (Phi) is 6.16. The number of sulfonamides is 1. The maximum Gasteiger partial charge on any atom is 0.270 e. The number of nitrogens with zero attached hydrogens (tertiary/aromatic N) is 3. The molecule has 11 heteroatoms. The van der Waals surface area contributed by atoms with Gasteiger partial charge in [0, 0.05) is 32.3 Å². The van der Waals surface area contributed by atoms with Gasteiger partial charge in [-0.1, -0.05) is 18.2 Å². The second-order valence-electron chi connectivity index (χ2n) is 7.57. The van der Waals surface area contributed by atoms with Crippen molar-refractivity contribution < 1.29 is 26.8 Å². The van der Waals surface area contributed by atoms with Gasteiger partial charge in [0.25, 0.3) is 11.8 Å². The molecule has 8 nitrogen and oxygen atoms in total. The lowest BCUT2D eigenvalue weighted by molar-refractivity contribution is -0.127. The summed E-state index contributed by atoms with van der Waals surface area (Å²) in [4.78, 5) is 25.7. The molecule has 170 valence electrons. The summed E-state index contributed by atoms with van der Waals surface area (Å²) in [5, 5.41) is 7.56. The highest BCUT2D eigenvalue weighted by molar-refractivity contribution is 7.89. The normalized spacial score (nSPS) is 17.0. The van der Waals surface area contributed by atoms with Crippen molar-refractivity contribution in [3.05, 3.63) is 54.1 Å². The van der Waals surface area contributed by atoms with Crippen LogP contribution >= 0.6 is 0 Å². The lowest BCUT2D eigenvalue weighted by atomic mass is 10.0. The molecule has 0 aromatic heterocycles. The maximum absolute atomic E-state index is 13.6. The average molecular weight is 464 g/mol. The summed E-state index contributed by atoms with van der Waals surface area (Å²) in [6, 6.07) is 10.8. The van der Waals surface area contributed by atoms with Crippen molar-refractivity contribution in [2.75, 3.05) is 24.4 Å². The highest BCUT2D eigenvalue weighted by Crippen LogP contribution is 2.30. The second kappa shape index (κ2) is 8.40. The van der Waals surface area contributed by atoms with E-state index in [4.69, 9.17) is 0 Å². The molecule has 0 bridgehead atoms. The summed E-state index contributed by atoms with van der Waals surface area (Å²) in [5.41, 5.74) is 0.205. The van der Waals surface area contributed by atoms with Crippen LogP contribution in [0.25, 0.3) is 0 Å². The van der Waals surface area contributed by atoms with Crippen LogP contribution in [0.15, 0.2) is 58.5 Å². The second-order valence-corrected chi connectivity index (χ2v) is 9.72. The minimum Gasteiger partial charge on any atom is -0.325 e. The number of hydrogen-bond donors (Lipinski definition) is 1. The monoisotopic (exact) mass is 464 g/mol. The Morgan fingerprint density at radius 3 is 2.44 bits per heavy atom. The van der Waals surface area contributed by atoms with Crippen LogP contribution in [0.5, 0.6) is 0 Å². The molecule has 0 saturated heterocycles. The van der Waals surface area contributed by atoms with Crippen LogP contribution in [0.3, 0.4) is 0 Å². The summed E-state index contributed by atoms with van der Waals surface area (Å²) in [7, 11) is -0.972. The number of anilines is 2. The Morgan fingerprint density at radius 1 is 1.16 bits per heavy atom. The van der Waals surface area contributed by atoms with Crippen molar-refractivity contribution >= 4 is 38.9 Å². The summed E-state index contributed by atoms with van der Waals surface area (Å²) in [6.45, 7) is 2.23. The van der Waals surface area contributed by atoms with Gasteiger partial charge in [-0.05, 0) is 37.3 Å². The van der Waals surface area contributed by atoms with Crippen molar-refractivity contribution in [2.24, 2.45) is 11.0 Å². The van der Waals surface area contributed by atoms with Crippen molar-refractivity contribution in [2.45, 2.75) is 24.7 Å². The van der Waals surface area contributed by atoms with Crippen LogP contribution in [0, 0.1) is 5.92 Å². The largest absolute Gasteiger partial charge is 0.325 e. The fraction of sp³-hybridized carbons (Fsp3) is 0.286. The van der Waals surface area contributed by atoms with Gasteiger partial charge in [-0.25, -0.2) is 21.5 Å². The van der Waals surface area contributed by atoms with E-state index in [0.29, 0.717) is 0 Å². The van der Waals surface area contributed by atoms with Crippen LogP contribution in [0.4, 0.5) is 20.2 Å². The van der Waals surface area contributed by atoms with Crippen LogP contribution in [0.2, 0.25) is 0 Å². The Bertz CT molecular complexity index is 1210. The van der Waals surface area contributed by atoms with Gasteiger partial charge in [0.1, 0.15) is 0 Å². The van der Waals surface area contributed by atoms with Gasteiger partial charge in [-0.3, -0.25) is 9.59 Å². The van der Waals surface area contributed by atoms with Crippen molar-refractivity contribution in [3.63, 3.8) is 0 Å². The minimum atomic E-state index is -3.74. The van der Waals surface area contributed by atoms with E-state index < -0.39 is 33.7 Å². The van der Waals surface area contributed by atoms with Gasteiger partial charge in [0.05, 0.1) is 16.3 Å². The summed E-state index contributed by atoms with van der Waals surface area (Å²) < 4.78 is 52.9. The van der Waals surface area contributed by atoms with Gasteiger partial charge in [0.2, 0.25) is 15.9 Å². The molecule has 1 heterocycles. The highest BCUT2D eigenvalue weighted by atomic mass is 32.2. The van der Waals surface area contributed by atoms with Crippen molar-refractivity contribution in [1.82, 2.24) is 4.31 Å². The van der Waals surface area contributed by atoms with Crippen LogP contribution < -0.4 is 10.3 Å². The van der Waals surface area contributed by atoms with E-state index in [-0.39, 0.29) is 27.5 Å². The molecule has 2 aromatic rings. The predicted molar refractivity (Wildman–Crippen MR) is 116 cm³/mol. The number of carbonyl (C=O) groups excluding carboxylic acids is 2. The van der Waals surface area contributed by atoms with Gasteiger partial charge in [-0.2, -0.15) is 10.1 Å². The number of carbonyl (C=O) groups is 2. The molecule has 2 amide bonds. The standard InChI is InChI=1S/C21H22F2N4O4S/c1-13-18(19(28)24-15-8-5-7-14(11-15)21(2,22)23)20(29)27(25-13)16-9-6-10-17(12-16)32(30,31)26(3)4/h5-12,18H,1-4H3,(H,24,28). The van der Waals surface area contributed by atoms with Crippen molar-refractivity contribution in [1.29, 1.82) is 0 Å². The van der Waals surface area contributed by atoms with Crippen LogP contribution in [-0.2, 0) is 25.5 Å². The number of halogens is 2. The first-order valence-corrected chi connectivity index (χ1v) is 11.0. The maximum atomic E-state index is 13.6. The van der Waals surface area contributed by atoms with E-state index in [0.717, 1.165) is 22.3 Å². The Labute approximate surface area is 184 Å². The zero-order valence-corrected chi connectivity index (χ0v) is 18.7. The molecule has 0 radical (unpaired) electrons. The van der Waals surface area contributed by atoms with E-state index in [1.54, 1.807) is 0 Å². The summed E-state index contributed by atoms with van der Waals surface area (Å²) >= 11 is 0. The predicted octanol–water partition coefficient (Wildman–Crippen LogP) is 3.03.